The summed E-state index contributed by atoms with van der Waals surface area (Å²) in [7, 11) is 0.963. The molecule has 2 aromatic carbocycles. The summed E-state index contributed by atoms with van der Waals surface area (Å²) in [6.45, 7) is 8.67. The van der Waals surface area contributed by atoms with E-state index < -0.39 is 0 Å². The van der Waals surface area contributed by atoms with Crippen molar-refractivity contribution in [3.05, 3.63) is 119 Å². The van der Waals surface area contributed by atoms with Crippen LogP contribution in [0.1, 0.15) is 51.7 Å². The molecule has 1 unspecified atom stereocenters. The fourth-order valence-corrected chi connectivity index (χ4v) is 3.69. The van der Waals surface area contributed by atoms with Gasteiger partial charge in [-0.2, -0.15) is 17.2 Å². The number of hydrogen-bond donors (Lipinski definition) is 0. The molecule has 2 heteroatoms. The van der Waals surface area contributed by atoms with Gasteiger partial charge in [0.2, 0.25) is 0 Å². The molecule has 1 saturated heterocycles. The minimum absolute atomic E-state index is 0. The van der Waals surface area contributed by atoms with E-state index in [0.717, 1.165) is 28.8 Å². The monoisotopic (exact) mass is 529 g/mol. The van der Waals surface area contributed by atoms with E-state index in [2.05, 4.69) is 107 Å². The Kier molecular flexibility index (Phi) is 16.0. The zero-order valence-corrected chi connectivity index (χ0v) is 24.5. The molecule has 5 rings (SSSR count). The van der Waals surface area contributed by atoms with Gasteiger partial charge in [-0.05, 0) is 24.0 Å². The number of rotatable bonds is 3. The van der Waals surface area contributed by atoms with Gasteiger partial charge in [-0.1, -0.05) is 106 Å². The van der Waals surface area contributed by atoms with Gasteiger partial charge in [-0.3, -0.25) is 12.2 Å². The Morgan fingerprint density at radius 2 is 1.33 bits per heavy atom. The fourth-order valence-electron chi connectivity index (χ4n) is 3.28. The summed E-state index contributed by atoms with van der Waals surface area (Å²) in [5.74, 6) is 0.560. The van der Waals surface area contributed by atoms with E-state index >= 15 is 0 Å². The summed E-state index contributed by atoms with van der Waals surface area (Å²) in [6, 6.07) is 24.4. The van der Waals surface area contributed by atoms with Crippen LogP contribution in [0.5, 0.6) is 0 Å². The first kappa shape index (κ1) is 29.5. The molecule has 1 atom stereocenters. The SMILES string of the molecule is C1C[SiH]C1.CC1=[C-]C(C)C(C)=C1C.[C-]1=CC=CC1.[Zr+2].c1ccc(CCc2ccccc2)cc1. The third-order valence-corrected chi connectivity index (χ3v) is 7.66. The van der Waals surface area contributed by atoms with Crippen LogP contribution in [-0.4, -0.2) is 9.52 Å². The fraction of sp³-hybridized carbons (Fsp3) is 0.355. The zero-order valence-electron chi connectivity index (χ0n) is 20.9. The average Bonchev–Trinajstić information content (AvgIpc) is 3.43. The van der Waals surface area contributed by atoms with Crippen LogP contribution in [0.2, 0.25) is 12.1 Å². The van der Waals surface area contributed by atoms with Crippen LogP contribution in [0.4, 0.5) is 0 Å². The predicted molar refractivity (Wildman–Crippen MR) is 143 cm³/mol. The molecular formula is C31H39SiZr. The Morgan fingerprint density at radius 1 is 0.848 bits per heavy atom. The van der Waals surface area contributed by atoms with Crippen LogP contribution in [0.15, 0.2) is 95.6 Å². The second-order valence-corrected chi connectivity index (χ2v) is 10.2. The van der Waals surface area contributed by atoms with Crippen molar-refractivity contribution < 1.29 is 26.2 Å². The minimum atomic E-state index is 0. The molecule has 1 radical (unpaired) electrons. The Hall–Kier alpha value is -1.50. The molecule has 0 nitrogen and oxygen atoms in total. The number of aryl methyl sites for hydroxylation is 2. The second kappa shape index (κ2) is 17.9. The zero-order chi connectivity index (χ0) is 23.0. The normalized spacial score (nSPS) is 17.2. The van der Waals surface area contributed by atoms with Crippen LogP contribution < -0.4 is 0 Å². The molecule has 1 heterocycles. The second-order valence-electron chi connectivity index (χ2n) is 8.49. The first-order chi connectivity index (χ1) is 15.6. The van der Waals surface area contributed by atoms with Crippen LogP contribution in [0.25, 0.3) is 0 Å². The van der Waals surface area contributed by atoms with Crippen LogP contribution >= 0.6 is 0 Å². The number of hydrogen-bond acceptors (Lipinski definition) is 0. The summed E-state index contributed by atoms with van der Waals surface area (Å²) < 4.78 is 0. The van der Waals surface area contributed by atoms with E-state index in [4.69, 9.17) is 0 Å². The molecule has 0 amide bonds. The molecule has 0 saturated carbocycles. The first-order valence-electron chi connectivity index (χ1n) is 12.0. The van der Waals surface area contributed by atoms with Crippen LogP contribution in [-0.2, 0) is 39.0 Å². The Labute approximate surface area is 224 Å². The smallest absolute Gasteiger partial charge is 0.273 e. The van der Waals surface area contributed by atoms with Gasteiger partial charge in [0.1, 0.15) is 0 Å². The Balaban J connectivity index is 0.000000244. The molecule has 0 N–H and O–H groups in total. The minimum Gasteiger partial charge on any atom is -0.273 e. The Morgan fingerprint density at radius 3 is 1.55 bits per heavy atom. The summed E-state index contributed by atoms with van der Waals surface area (Å²) in [5.41, 5.74) is 7.07. The van der Waals surface area contributed by atoms with E-state index in [9.17, 15) is 0 Å². The first-order valence-corrected chi connectivity index (χ1v) is 13.6. The largest absolute Gasteiger partial charge is 2.00 e. The van der Waals surface area contributed by atoms with E-state index in [1.165, 1.54) is 34.3 Å². The Bertz CT molecular complexity index is 834. The molecule has 171 valence electrons. The summed E-state index contributed by atoms with van der Waals surface area (Å²) in [4.78, 5) is 0. The molecule has 33 heavy (non-hydrogen) atoms. The number of benzene rings is 2. The predicted octanol–water partition coefficient (Wildman–Crippen LogP) is 8.16. The van der Waals surface area contributed by atoms with Crippen molar-refractivity contribution in [2.75, 3.05) is 0 Å². The third-order valence-electron chi connectivity index (χ3n) is 6.03. The van der Waals surface area contributed by atoms with Crippen molar-refractivity contribution in [2.24, 2.45) is 5.92 Å². The van der Waals surface area contributed by atoms with Gasteiger partial charge in [-0.25, -0.2) is 17.7 Å². The topological polar surface area (TPSA) is 0 Å². The summed E-state index contributed by atoms with van der Waals surface area (Å²) >= 11 is 0. The molecule has 0 aromatic heterocycles. The van der Waals surface area contributed by atoms with Gasteiger partial charge in [0, 0.05) is 9.52 Å². The third kappa shape index (κ3) is 12.5. The summed E-state index contributed by atoms with van der Waals surface area (Å²) in [6.07, 6.45) is 17.2. The molecule has 2 aliphatic carbocycles. The van der Waals surface area contributed by atoms with E-state index in [1.807, 2.05) is 12.2 Å². The van der Waals surface area contributed by atoms with Crippen LogP contribution in [0.3, 0.4) is 0 Å². The van der Waals surface area contributed by atoms with Crippen molar-refractivity contribution in [3.63, 3.8) is 0 Å². The maximum Gasteiger partial charge on any atom is 2.00 e. The van der Waals surface area contributed by atoms with E-state index in [1.54, 1.807) is 12.1 Å². The average molecular weight is 531 g/mol. The molecule has 2 aromatic rings. The van der Waals surface area contributed by atoms with Crippen molar-refractivity contribution in [1.82, 2.24) is 0 Å². The van der Waals surface area contributed by atoms with Crippen molar-refractivity contribution in [3.8, 4) is 0 Å². The van der Waals surface area contributed by atoms with E-state index in [0.29, 0.717) is 5.92 Å². The standard InChI is InChI=1S/C14H14.C9H13.C5H5.C3H7Si.Zr/c1-3-7-13(8-4-1)11-12-14-9-5-2-6-10-14;1-6-5-7(2)9(4)8(6)3;1-2-4-5-3-1;1-2-4-3-1;/h1-10H,11-12H2;6H,1-4H3;1-3H,4H2;4H,1-3H2;/q;2*-1;;+2. The molecule has 1 aliphatic heterocycles. The quantitative estimate of drug-likeness (QED) is 0.277. The van der Waals surface area contributed by atoms with Crippen molar-refractivity contribution in [2.45, 2.75) is 65.5 Å². The van der Waals surface area contributed by atoms with Crippen LogP contribution in [0, 0.1) is 18.1 Å². The van der Waals surface area contributed by atoms with Gasteiger partial charge in [0.25, 0.3) is 0 Å². The number of allylic oxidation sites excluding steroid dienone is 8. The van der Waals surface area contributed by atoms with Gasteiger partial charge in [0.15, 0.2) is 0 Å². The molecule has 3 aliphatic rings. The summed E-state index contributed by atoms with van der Waals surface area (Å²) in [5, 5.41) is 0. The van der Waals surface area contributed by atoms with Gasteiger partial charge < -0.3 is 0 Å². The molecular weight excluding hydrogens is 492 g/mol. The van der Waals surface area contributed by atoms with Gasteiger partial charge >= 0.3 is 26.2 Å². The maximum atomic E-state index is 3.36. The molecule has 0 bridgehead atoms. The van der Waals surface area contributed by atoms with Crippen molar-refractivity contribution >= 4 is 9.52 Å². The maximum absolute atomic E-state index is 3.36. The molecule has 0 spiro atoms. The van der Waals surface area contributed by atoms with Gasteiger partial charge in [-0.15, -0.1) is 13.3 Å². The van der Waals surface area contributed by atoms with E-state index in [-0.39, 0.29) is 26.2 Å². The molecule has 1 fully saturated rings. The van der Waals surface area contributed by atoms with Crippen molar-refractivity contribution in [1.29, 1.82) is 0 Å². The van der Waals surface area contributed by atoms with Gasteiger partial charge in [0.05, 0.1) is 0 Å².